The fraction of sp³-hybridized carbons (Fsp3) is 0.455. The van der Waals surface area contributed by atoms with Gasteiger partial charge in [-0.15, -0.1) is 0 Å². The fourth-order valence-electron chi connectivity index (χ4n) is 4.22. The maximum atomic E-state index is 14.0. The maximum Gasteiger partial charge on any atom is 0.270 e. The molecule has 12 heteroatoms. The Labute approximate surface area is 197 Å². The second-order valence-corrected chi connectivity index (χ2v) is 10.1. The normalized spacial score (nSPS) is 18.1. The Hall–Kier alpha value is -2.80. The Morgan fingerprint density at radius 1 is 1.06 bits per heavy atom. The van der Waals surface area contributed by atoms with Gasteiger partial charge in [0.15, 0.2) is 11.6 Å². The van der Waals surface area contributed by atoms with Crippen LogP contribution < -0.4 is 9.64 Å². The highest BCUT2D eigenvalue weighted by molar-refractivity contribution is 7.89. The van der Waals surface area contributed by atoms with E-state index >= 15 is 0 Å². The fourth-order valence-corrected chi connectivity index (χ4v) is 5.86. The van der Waals surface area contributed by atoms with Crippen molar-refractivity contribution in [1.29, 1.82) is 0 Å². The van der Waals surface area contributed by atoms with E-state index in [-0.39, 0.29) is 42.6 Å². The van der Waals surface area contributed by atoms with Crippen LogP contribution in [0.25, 0.3) is 0 Å². The average Bonchev–Trinajstić information content (AvgIpc) is 2.85. The third-order valence-corrected chi connectivity index (χ3v) is 8.01. The third-order valence-electron chi connectivity index (χ3n) is 6.08. The number of rotatable bonds is 7. The van der Waals surface area contributed by atoms with Gasteiger partial charge in [-0.25, -0.2) is 12.8 Å². The van der Waals surface area contributed by atoms with Crippen molar-refractivity contribution in [3.8, 4) is 5.75 Å². The summed E-state index contributed by atoms with van der Waals surface area (Å²) in [5, 5.41) is 11.3. The summed E-state index contributed by atoms with van der Waals surface area (Å²) < 4.78 is 52.3. The summed E-state index contributed by atoms with van der Waals surface area (Å²) in [4.78, 5) is 14.8. The number of nitrogens with zero attached hydrogens (tertiary/aromatic N) is 4. The molecule has 2 aromatic carbocycles. The van der Waals surface area contributed by atoms with Crippen molar-refractivity contribution in [3.05, 3.63) is 57.9 Å². The van der Waals surface area contributed by atoms with Crippen LogP contribution in [0.4, 0.5) is 15.8 Å². The van der Waals surface area contributed by atoms with Crippen LogP contribution in [0.15, 0.2) is 41.3 Å². The summed E-state index contributed by atoms with van der Waals surface area (Å²) in [5.74, 6) is -0.219. The number of nitro benzene ring substituents is 1. The molecule has 0 unspecified atom stereocenters. The molecule has 0 saturated carbocycles. The van der Waals surface area contributed by atoms with E-state index in [1.807, 2.05) is 11.0 Å². The van der Waals surface area contributed by atoms with E-state index in [1.165, 1.54) is 29.6 Å². The molecular weight excluding hydrogens is 467 g/mol. The summed E-state index contributed by atoms with van der Waals surface area (Å²) in [7, 11) is -2.51. The first-order valence-electron chi connectivity index (χ1n) is 11.0. The highest BCUT2D eigenvalue weighted by Crippen LogP contribution is 2.33. The predicted octanol–water partition coefficient (Wildman–Crippen LogP) is 2.09. The highest BCUT2D eigenvalue weighted by atomic mass is 32.2. The smallest absolute Gasteiger partial charge is 0.270 e. The lowest BCUT2D eigenvalue weighted by Gasteiger charge is -2.37. The molecule has 0 bridgehead atoms. The minimum absolute atomic E-state index is 0.0609. The highest BCUT2D eigenvalue weighted by Gasteiger charge is 2.32. The van der Waals surface area contributed by atoms with Crippen molar-refractivity contribution in [2.24, 2.45) is 0 Å². The molecular formula is C22H27FN4O6S. The molecule has 0 aliphatic carbocycles. The number of non-ortho nitro benzene ring substituents is 1. The van der Waals surface area contributed by atoms with Crippen molar-refractivity contribution in [1.82, 2.24) is 9.21 Å². The second-order valence-electron chi connectivity index (χ2n) is 8.16. The number of methoxy groups -OCH3 is 1. The summed E-state index contributed by atoms with van der Waals surface area (Å²) >= 11 is 0. The van der Waals surface area contributed by atoms with Crippen LogP contribution in [0.2, 0.25) is 0 Å². The number of morpholine rings is 1. The lowest BCUT2D eigenvalue weighted by atomic mass is 10.1. The second kappa shape index (κ2) is 10.2. The van der Waals surface area contributed by atoms with Gasteiger partial charge in [0.2, 0.25) is 10.0 Å². The first-order chi connectivity index (χ1) is 16.3. The molecule has 0 aromatic heterocycles. The van der Waals surface area contributed by atoms with E-state index in [0.29, 0.717) is 38.4 Å². The average molecular weight is 495 g/mol. The molecule has 0 amide bonds. The molecule has 2 aliphatic heterocycles. The molecule has 34 heavy (non-hydrogen) atoms. The number of nitro groups is 1. The number of hydrogen-bond acceptors (Lipinski definition) is 8. The van der Waals surface area contributed by atoms with Crippen molar-refractivity contribution in [3.63, 3.8) is 0 Å². The van der Waals surface area contributed by atoms with Gasteiger partial charge < -0.3 is 14.4 Å². The van der Waals surface area contributed by atoms with E-state index in [2.05, 4.69) is 4.90 Å². The van der Waals surface area contributed by atoms with Gasteiger partial charge in [0.05, 0.1) is 30.9 Å². The van der Waals surface area contributed by atoms with Gasteiger partial charge in [0.1, 0.15) is 4.90 Å². The Morgan fingerprint density at radius 2 is 1.76 bits per heavy atom. The lowest BCUT2D eigenvalue weighted by Crippen LogP contribution is -2.47. The molecule has 2 fully saturated rings. The Kier molecular flexibility index (Phi) is 7.31. The molecule has 4 rings (SSSR count). The zero-order valence-electron chi connectivity index (χ0n) is 18.9. The van der Waals surface area contributed by atoms with Gasteiger partial charge in [-0.05, 0) is 23.8 Å². The number of anilines is 1. The van der Waals surface area contributed by atoms with Crippen LogP contribution >= 0.6 is 0 Å². The number of halogens is 1. The van der Waals surface area contributed by atoms with Crippen LogP contribution in [-0.4, -0.2) is 82.1 Å². The molecule has 0 radical (unpaired) electrons. The lowest BCUT2D eigenvalue weighted by molar-refractivity contribution is -0.385. The minimum Gasteiger partial charge on any atom is -0.494 e. The molecule has 2 aliphatic rings. The Morgan fingerprint density at radius 3 is 2.38 bits per heavy atom. The van der Waals surface area contributed by atoms with Crippen LogP contribution in [0.5, 0.6) is 5.75 Å². The standard InChI is InChI=1S/C22H27FN4O6S/c1-32-21-5-2-17(14-19(21)23)16-24-6-8-25(9-7-24)20-4-3-18(27(28)29)15-22(20)34(30,31)26-10-12-33-13-11-26/h2-5,14-15H,6-13,16H2,1H3. The van der Waals surface area contributed by atoms with Gasteiger partial charge in [-0.3, -0.25) is 15.0 Å². The van der Waals surface area contributed by atoms with E-state index in [0.717, 1.165) is 11.6 Å². The first-order valence-corrected chi connectivity index (χ1v) is 12.4. The SMILES string of the molecule is COc1ccc(CN2CCN(c3ccc([N+](=O)[O-])cc3S(=O)(=O)N3CCOCC3)CC2)cc1F. The molecule has 10 nitrogen and oxygen atoms in total. The monoisotopic (exact) mass is 494 g/mol. The number of piperazine rings is 1. The summed E-state index contributed by atoms with van der Waals surface area (Å²) in [6.07, 6.45) is 0. The zero-order valence-corrected chi connectivity index (χ0v) is 19.7. The van der Waals surface area contributed by atoms with Gasteiger partial charge >= 0.3 is 0 Å². The largest absolute Gasteiger partial charge is 0.494 e. The van der Waals surface area contributed by atoms with Crippen molar-refractivity contribution >= 4 is 21.4 Å². The molecule has 2 heterocycles. The van der Waals surface area contributed by atoms with Gasteiger partial charge in [0.25, 0.3) is 5.69 Å². The molecule has 0 N–H and O–H groups in total. The van der Waals surface area contributed by atoms with E-state index < -0.39 is 20.8 Å². The topological polar surface area (TPSA) is 105 Å². The summed E-state index contributed by atoms with van der Waals surface area (Å²) in [6.45, 7) is 3.84. The maximum absolute atomic E-state index is 14.0. The molecule has 2 saturated heterocycles. The molecule has 2 aromatic rings. The first kappa shape index (κ1) is 24.3. The zero-order chi connectivity index (χ0) is 24.3. The molecule has 0 spiro atoms. The Balaban J connectivity index is 1.52. The summed E-state index contributed by atoms with van der Waals surface area (Å²) in [6, 6.07) is 8.86. The van der Waals surface area contributed by atoms with Crippen LogP contribution in [-0.2, 0) is 21.3 Å². The number of sulfonamides is 1. The number of hydrogen-bond donors (Lipinski definition) is 0. The van der Waals surface area contributed by atoms with Crippen molar-refractivity contribution in [2.45, 2.75) is 11.4 Å². The minimum atomic E-state index is -3.93. The van der Waals surface area contributed by atoms with Gasteiger partial charge in [0, 0.05) is 57.9 Å². The molecule has 184 valence electrons. The van der Waals surface area contributed by atoms with Crippen molar-refractivity contribution in [2.75, 3.05) is 64.5 Å². The van der Waals surface area contributed by atoms with Gasteiger partial charge in [-0.2, -0.15) is 4.31 Å². The van der Waals surface area contributed by atoms with E-state index in [9.17, 15) is 22.9 Å². The molecule has 0 atom stereocenters. The van der Waals surface area contributed by atoms with Crippen LogP contribution in [0.1, 0.15) is 5.56 Å². The van der Waals surface area contributed by atoms with Crippen molar-refractivity contribution < 1.29 is 27.2 Å². The predicted molar refractivity (Wildman–Crippen MR) is 123 cm³/mol. The number of ether oxygens (including phenoxy) is 2. The third kappa shape index (κ3) is 5.14. The van der Waals surface area contributed by atoms with Crippen LogP contribution in [0, 0.1) is 15.9 Å². The van der Waals surface area contributed by atoms with E-state index in [4.69, 9.17) is 9.47 Å². The quantitative estimate of drug-likeness (QED) is 0.426. The number of benzene rings is 2. The Bertz CT molecular complexity index is 1150. The van der Waals surface area contributed by atoms with Gasteiger partial charge in [-0.1, -0.05) is 6.07 Å². The van der Waals surface area contributed by atoms with Crippen LogP contribution in [0.3, 0.4) is 0 Å². The summed E-state index contributed by atoms with van der Waals surface area (Å²) in [5.41, 5.74) is 1.00. The van der Waals surface area contributed by atoms with E-state index in [1.54, 1.807) is 6.07 Å².